The lowest BCUT2D eigenvalue weighted by molar-refractivity contribution is -0.174. The van der Waals surface area contributed by atoms with Crippen molar-refractivity contribution in [2.24, 2.45) is 0 Å². The number of sulfone groups is 1. The van der Waals surface area contributed by atoms with Gasteiger partial charge in [-0.2, -0.15) is 13.2 Å². The van der Waals surface area contributed by atoms with Crippen LogP contribution < -0.4 is 5.32 Å². The van der Waals surface area contributed by atoms with Crippen molar-refractivity contribution in [3.05, 3.63) is 0 Å². The van der Waals surface area contributed by atoms with E-state index in [0.29, 0.717) is 12.8 Å². The summed E-state index contributed by atoms with van der Waals surface area (Å²) < 4.78 is 63.4. The number of amides is 1. The zero-order valence-electron chi connectivity index (χ0n) is 11.6. The van der Waals surface area contributed by atoms with Crippen LogP contribution in [0.1, 0.15) is 32.1 Å². The van der Waals surface area contributed by atoms with Gasteiger partial charge < -0.3 is 10.1 Å². The van der Waals surface area contributed by atoms with Crippen LogP contribution in [0, 0.1) is 0 Å². The predicted octanol–water partition coefficient (Wildman–Crippen LogP) is 1.43. The third kappa shape index (κ3) is 7.66. The average molecular weight is 331 g/mol. The molecular weight excluding hydrogens is 311 g/mol. The number of ether oxygens (including phenoxy) is 1. The van der Waals surface area contributed by atoms with Gasteiger partial charge in [0.15, 0.2) is 9.84 Å². The molecule has 5 nitrogen and oxygen atoms in total. The van der Waals surface area contributed by atoms with Crippen LogP contribution in [0.3, 0.4) is 0 Å². The van der Waals surface area contributed by atoms with Gasteiger partial charge in [0.25, 0.3) is 0 Å². The number of carbonyl (C=O) groups is 1. The Kier molecular flexibility index (Phi) is 6.92. The number of hydrogen-bond acceptors (Lipinski definition) is 4. The molecule has 9 heteroatoms. The maximum absolute atomic E-state index is 11.9. The highest BCUT2D eigenvalue weighted by molar-refractivity contribution is 7.92. The summed E-state index contributed by atoms with van der Waals surface area (Å²) in [4.78, 5) is 11.5. The second-order valence-electron chi connectivity index (χ2n) is 5.08. The molecule has 1 aliphatic rings. The molecule has 0 aliphatic heterocycles. The lowest BCUT2D eigenvalue weighted by atomic mass is 10.4. The molecule has 0 heterocycles. The Balaban J connectivity index is 2.14. The van der Waals surface area contributed by atoms with Crippen molar-refractivity contribution in [2.45, 2.75) is 43.5 Å². The van der Waals surface area contributed by atoms with E-state index in [1.54, 1.807) is 0 Å². The predicted molar refractivity (Wildman–Crippen MR) is 70.5 cm³/mol. The summed E-state index contributed by atoms with van der Waals surface area (Å²) in [6, 6.07) is 0. The first-order valence-electron chi connectivity index (χ1n) is 6.83. The normalized spacial score (nSPS) is 17.1. The van der Waals surface area contributed by atoms with E-state index in [-0.39, 0.29) is 19.6 Å². The van der Waals surface area contributed by atoms with Crippen molar-refractivity contribution in [3.8, 4) is 0 Å². The fourth-order valence-corrected chi connectivity index (χ4v) is 3.94. The molecule has 1 aliphatic carbocycles. The van der Waals surface area contributed by atoms with Crippen molar-refractivity contribution >= 4 is 15.7 Å². The number of nitrogens with one attached hydrogen (secondary N) is 1. The minimum Gasteiger partial charge on any atom is -0.372 e. The molecule has 0 saturated heterocycles. The summed E-state index contributed by atoms with van der Waals surface area (Å²) in [5.74, 6) is -1.17. The van der Waals surface area contributed by atoms with Gasteiger partial charge in [0.05, 0.1) is 5.25 Å². The van der Waals surface area contributed by atoms with E-state index in [1.807, 2.05) is 0 Å². The standard InChI is InChI=1S/C12H20F3NO4S/c13-12(14,15)9-20-7-3-6-16-11(17)8-21(18,19)10-4-1-2-5-10/h10H,1-9H2,(H,16,17). The summed E-state index contributed by atoms with van der Waals surface area (Å²) in [5.41, 5.74) is 0. The van der Waals surface area contributed by atoms with E-state index in [9.17, 15) is 26.4 Å². The SMILES string of the molecule is O=C(CS(=O)(=O)C1CCCC1)NCCCOCC(F)(F)F. The first kappa shape index (κ1) is 18.2. The average Bonchev–Trinajstić information content (AvgIpc) is 2.86. The van der Waals surface area contributed by atoms with Gasteiger partial charge in [-0.3, -0.25) is 4.79 Å². The van der Waals surface area contributed by atoms with Gasteiger partial charge in [-0.15, -0.1) is 0 Å². The molecule has 0 unspecified atom stereocenters. The van der Waals surface area contributed by atoms with E-state index in [2.05, 4.69) is 10.1 Å². The summed E-state index contributed by atoms with van der Waals surface area (Å²) in [6.45, 7) is -1.37. The Hall–Kier alpha value is -0.830. The van der Waals surface area contributed by atoms with Crippen molar-refractivity contribution in [3.63, 3.8) is 0 Å². The largest absolute Gasteiger partial charge is 0.411 e. The van der Waals surface area contributed by atoms with Crippen LogP contribution in [0.4, 0.5) is 13.2 Å². The van der Waals surface area contributed by atoms with Gasteiger partial charge in [0.1, 0.15) is 12.4 Å². The van der Waals surface area contributed by atoms with Crippen molar-refractivity contribution in [1.82, 2.24) is 5.32 Å². The molecule has 1 saturated carbocycles. The lowest BCUT2D eigenvalue weighted by Crippen LogP contribution is -2.35. The summed E-state index contributed by atoms with van der Waals surface area (Å²) >= 11 is 0. The van der Waals surface area contributed by atoms with E-state index >= 15 is 0 Å². The molecule has 0 spiro atoms. The highest BCUT2D eigenvalue weighted by atomic mass is 32.2. The van der Waals surface area contributed by atoms with Crippen LogP contribution in [0.25, 0.3) is 0 Å². The first-order valence-corrected chi connectivity index (χ1v) is 8.55. The third-order valence-electron chi connectivity index (χ3n) is 3.20. The van der Waals surface area contributed by atoms with Crippen molar-refractivity contribution < 1.29 is 31.1 Å². The van der Waals surface area contributed by atoms with Crippen LogP contribution in [-0.2, 0) is 19.4 Å². The van der Waals surface area contributed by atoms with Crippen LogP contribution in [0.2, 0.25) is 0 Å². The second-order valence-corrected chi connectivity index (χ2v) is 7.37. The molecule has 21 heavy (non-hydrogen) atoms. The van der Waals surface area contributed by atoms with E-state index in [0.717, 1.165) is 12.8 Å². The molecule has 0 bridgehead atoms. The Morgan fingerprint density at radius 1 is 1.24 bits per heavy atom. The molecule has 1 amide bonds. The van der Waals surface area contributed by atoms with Crippen LogP contribution in [0.5, 0.6) is 0 Å². The quantitative estimate of drug-likeness (QED) is 0.683. The topological polar surface area (TPSA) is 72.5 Å². The van der Waals surface area contributed by atoms with Crippen LogP contribution in [-0.4, -0.2) is 51.3 Å². The molecule has 0 aromatic heterocycles. The maximum Gasteiger partial charge on any atom is 0.411 e. The van der Waals surface area contributed by atoms with E-state index < -0.39 is 39.5 Å². The Bertz CT molecular complexity index is 430. The van der Waals surface area contributed by atoms with Gasteiger partial charge >= 0.3 is 6.18 Å². The summed E-state index contributed by atoms with van der Waals surface area (Å²) in [5, 5.41) is 1.95. The molecular formula is C12H20F3NO4S. The molecule has 0 aromatic carbocycles. The van der Waals surface area contributed by atoms with Gasteiger partial charge in [-0.1, -0.05) is 12.8 Å². The fourth-order valence-electron chi connectivity index (χ4n) is 2.19. The van der Waals surface area contributed by atoms with Gasteiger partial charge in [0.2, 0.25) is 5.91 Å². The van der Waals surface area contributed by atoms with Gasteiger partial charge in [-0.05, 0) is 19.3 Å². The monoisotopic (exact) mass is 331 g/mol. The summed E-state index contributed by atoms with van der Waals surface area (Å²) in [7, 11) is -3.42. The van der Waals surface area contributed by atoms with E-state index in [1.165, 1.54) is 0 Å². The number of hydrogen-bond donors (Lipinski definition) is 1. The van der Waals surface area contributed by atoms with Crippen LogP contribution >= 0.6 is 0 Å². The number of carbonyl (C=O) groups excluding carboxylic acids is 1. The Labute approximate surface area is 122 Å². The Morgan fingerprint density at radius 2 is 1.86 bits per heavy atom. The molecule has 0 atom stereocenters. The van der Waals surface area contributed by atoms with Gasteiger partial charge in [-0.25, -0.2) is 8.42 Å². The molecule has 1 rings (SSSR count). The van der Waals surface area contributed by atoms with Crippen LogP contribution in [0.15, 0.2) is 0 Å². The molecule has 1 N–H and O–H groups in total. The highest BCUT2D eigenvalue weighted by Crippen LogP contribution is 2.25. The number of halogens is 3. The van der Waals surface area contributed by atoms with Crippen molar-refractivity contribution in [1.29, 1.82) is 0 Å². The zero-order chi connectivity index (χ0) is 15.9. The Morgan fingerprint density at radius 3 is 2.43 bits per heavy atom. The molecule has 0 aromatic rings. The van der Waals surface area contributed by atoms with Crippen molar-refractivity contribution in [2.75, 3.05) is 25.5 Å². The van der Waals surface area contributed by atoms with E-state index in [4.69, 9.17) is 0 Å². The lowest BCUT2D eigenvalue weighted by Gasteiger charge is -2.11. The minimum atomic E-state index is -4.36. The van der Waals surface area contributed by atoms with Gasteiger partial charge in [0, 0.05) is 13.2 Å². The smallest absolute Gasteiger partial charge is 0.372 e. The highest BCUT2D eigenvalue weighted by Gasteiger charge is 2.30. The molecule has 0 radical (unpaired) electrons. The first-order chi connectivity index (χ1) is 9.71. The number of rotatable bonds is 8. The second kappa shape index (κ2) is 7.98. The molecule has 1 fully saturated rings. The third-order valence-corrected chi connectivity index (χ3v) is 5.35. The maximum atomic E-state index is 11.9. The minimum absolute atomic E-state index is 0.0941. The fraction of sp³-hybridized carbons (Fsp3) is 0.917. The molecule has 124 valence electrons. The zero-order valence-corrected chi connectivity index (χ0v) is 12.4. The summed E-state index contributed by atoms with van der Waals surface area (Å²) in [6.07, 6.45) is -1.24. The number of alkyl halides is 3.